The molecule has 0 saturated heterocycles. The van der Waals surface area contributed by atoms with Crippen LogP contribution in [-0.4, -0.2) is 25.6 Å². The Balaban J connectivity index is 1.43. The second kappa shape index (κ2) is 7.78. The molecule has 4 aromatic rings. The fourth-order valence-electron chi connectivity index (χ4n) is 2.80. The van der Waals surface area contributed by atoms with Crippen molar-refractivity contribution in [2.24, 2.45) is 0 Å². The monoisotopic (exact) mass is 398 g/mol. The Bertz CT molecular complexity index is 1070. The molecule has 4 nitrogen and oxygen atoms in total. The number of hydrogen-bond acceptors (Lipinski definition) is 5. The van der Waals surface area contributed by atoms with Crippen LogP contribution in [0.4, 0.5) is 4.39 Å². The number of nitrogens with zero attached hydrogens (tertiary/aromatic N) is 4. The van der Waals surface area contributed by atoms with E-state index < -0.39 is 0 Å². The minimum absolute atomic E-state index is 0.234. The van der Waals surface area contributed by atoms with Crippen molar-refractivity contribution in [3.63, 3.8) is 0 Å². The van der Waals surface area contributed by atoms with Crippen molar-refractivity contribution >= 4 is 28.1 Å². The summed E-state index contributed by atoms with van der Waals surface area (Å²) in [6, 6.07) is 13.0. The molecule has 2 aromatic carbocycles. The van der Waals surface area contributed by atoms with E-state index in [2.05, 4.69) is 47.3 Å². The molecule has 0 saturated carbocycles. The zero-order chi connectivity index (χ0) is 18.8. The van der Waals surface area contributed by atoms with Gasteiger partial charge in [-0.1, -0.05) is 41.2 Å². The second-order valence-electron chi connectivity index (χ2n) is 6.48. The summed E-state index contributed by atoms with van der Waals surface area (Å²) in [5.74, 6) is 1.52. The number of aryl methyl sites for hydroxylation is 3. The van der Waals surface area contributed by atoms with Crippen LogP contribution in [0.1, 0.15) is 27.5 Å². The molecule has 0 amide bonds. The Morgan fingerprint density at radius 3 is 2.70 bits per heavy atom. The molecule has 0 radical (unpaired) electrons. The van der Waals surface area contributed by atoms with Crippen molar-refractivity contribution in [1.29, 1.82) is 0 Å². The summed E-state index contributed by atoms with van der Waals surface area (Å²) < 4.78 is 14.9. The lowest BCUT2D eigenvalue weighted by Crippen LogP contribution is -1.99. The van der Waals surface area contributed by atoms with Crippen molar-refractivity contribution in [3.05, 3.63) is 75.8 Å². The quantitative estimate of drug-likeness (QED) is 0.435. The number of aromatic nitrogens is 4. The molecule has 2 heterocycles. The summed E-state index contributed by atoms with van der Waals surface area (Å²) in [4.78, 5) is 2.13. The summed E-state index contributed by atoms with van der Waals surface area (Å²) in [6.07, 6.45) is 1.48. The van der Waals surface area contributed by atoms with Crippen LogP contribution in [0.5, 0.6) is 0 Å². The predicted octanol–water partition coefficient (Wildman–Crippen LogP) is 4.87. The van der Waals surface area contributed by atoms with Gasteiger partial charge in [-0.05, 0) is 43.2 Å². The highest BCUT2D eigenvalue weighted by atomic mass is 32.2. The maximum atomic E-state index is 13.1. The van der Waals surface area contributed by atoms with E-state index in [1.54, 1.807) is 23.5 Å². The zero-order valence-electron chi connectivity index (χ0n) is 15.1. The van der Waals surface area contributed by atoms with E-state index in [9.17, 15) is 4.39 Å². The number of fused-ring (bicyclic) bond motifs is 1. The van der Waals surface area contributed by atoms with Gasteiger partial charge in [-0.15, -0.1) is 22.0 Å². The minimum atomic E-state index is -0.234. The van der Waals surface area contributed by atoms with E-state index >= 15 is 0 Å². The van der Waals surface area contributed by atoms with Crippen molar-refractivity contribution in [2.45, 2.75) is 31.6 Å². The Morgan fingerprint density at radius 2 is 1.89 bits per heavy atom. The summed E-state index contributed by atoms with van der Waals surface area (Å²) in [6.45, 7) is 4.27. The van der Waals surface area contributed by atoms with Crippen LogP contribution in [-0.2, 0) is 12.8 Å². The topological polar surface area (TPSA) is 43.1 Å². The highest BCUT2D eigenvalue weighted by Crippen LogP contribution is 2.25. The summed E-state index contributed by atoms with van der Waals surface area (Å²) >= 11 is 3.44. The van der Waals surface area contributed by atoms with Crippen molar-refractivity contribution < 1.29 is 4.39 Å². The van der Waals surface area contributed by atoms with Crippen LogP contribution >= 0.6 is 23.1 Å². The second-order valence-corrected chi connectivity index (χ2v) is 8.65. The number of rotatable bonds is 6. The molecule has 0 unspecified atom stereocenters. The third kappa shape index (κ3) is 4.20. The molecule has 0 aliphatic carbocycles. The summed E-state index contributed by atoms with van der Waals surface area (Å²) in [7, 11) is 0. The van der Waals surface area contributed by atoms with Gasteiger partial charge in [-0.25, -0.2) is 4.39 Å². The summed E-state index contributed by atoms with van der Waals surface area (Å²) in [5.41, 5.74) is 3.59. The van der Waals surface area contributed by atoms with Gasteiger partial charge in [-0.2, -0.15) is 9.61 Å². The van der Waals surface area contributed by atoms with Gasteiger partial charge < -0.3 is 0 Å². The smallest absolute Gasteiger partial charge is 0.207 e. The molecule has 0 bridgehead atoms. The third-order valence-electron chi connectivity index (χ3n) is 4.29. The lowest BCUT2D eigenvalue weighted by molar-refractivity contribution is 0.627. The molecule has 0 fully saturated rings. The number of benzene rings is 2. The molecule has 0 N–H and O–H groups in total. The van der Waals surface area contributed by atoms with Gasteiger partial charge in [0, 0.05) is 23.5 Å². The average Bonchev–Trinajstić information content (AvgIpc) is 3.21. The van der Waals surface area contributed by atoms with Gasteiger partial charge in [0.1, 0.15) is 10.8 Å². The van der Waals surface area contributed by atoms with Gasteiger partial charge >= 0.3 is 0 Å². The SMILES string of the molecule is Cc1ccc(C)c(SCCc2nn3c(Cc4ccc(F)cc4)nnc3s2)c1. The van der Waals surface area contributed by atoms with E-state index in [-0.39, 0.29) is 5.82 Å². The maximum Gasteiger partial charge on any atom is 0.234 e. The van der Waals surface area contributed by atoms with Gasteiger partial charge in [0.25, 0.3) is 0 Å². The maximum absolute atomic E-state index is 13.1. The van der Waals surface area contributed by atoms with E-state index in [0.717, 1.165) is 33.5 Å². The Morgan fingerprint density at radius 1 is 1.07 bits per heavy atom. The van der Waals surface area contributed by atoms with Gasteiger partial charge in [-0.3, -0.25) is 0 Å². The van der Waals surface area contributed by atoms with Gasteiger partial charge in [0.2, 0.25) is 4.96 Å². The molecular formula is C20H19FN4S2. The third-order valence-corrected chi connectivity index (χ3v) is 6.41. The van der Waals surface area contributed by atoms with E-state index in [4.69, 9.17) is 0 Å². The first kappa shape index (κ1) is 18.1. The average molecular weight is 399 g/mol. The summed E-state index contributed by atoms with van der Waals surface area (Å²) in [5, 5.41) is 14.2. The van der Waals surface area contributed by atoms with Crippen LogP contribution < -0.4 is 0 Å². The van der Waals surface area contributed by atoms with Crippen LogP contribution in [0.2, 0.25) is 0 Å². The first-order valence-electron chi connectivity index (χ1n) is 8.73. The molecule has 0 aliphatic heterocycles. The van der Waals surface area contributed by atoms with E-state index in [1.165, 1.54) is 28.2 Å². The first-order chi connectivity index (χ1) is 13.1. The molecular weight excluding hydrogens is 379 g/mol. The highest BCUT2D eigenvalue weighted by Gasteiger charge is 2.12. The first-order valence-corrected chi connectivity index (χ1v) is 10.5. The van der Waals surface area contributed by atoms with Crippen LogP contribution in [0.15, 0.2) is 47.4 Å². The molecule has 0 aliphatic rings. The predicted molar refractivity (Wildman–Crippen MR) is 108 cm³/mol. The standard InChI is InChI=1S/C20H19FN4S2/c1-13-3-4-14(2)17(11-13)26-10-9-19-24-25-18(22-23-20(25)27-19)12-15-5-7-16(21)8-6-15/h3-8,11H,9-10,12H2,1-2H3. The van der Waals surface area contributed by atoms with E-state index in [1.807, 2.05) is 16.3 Å². The number of thioether (sulfide) groups is 1. The van der Waals surface area contributed by atoms with Crippen LogP contribution in [0.25, 0.3) is 4.96 Å². The van der Waals surface area contributed by atoms with E-state index in [0.29, 0.717) is 6.42 Å². The highest BCUT2D eigenvalue weighted by molar-refractivity contribution is 7.99. The van der Waals surface area contributed by atoms with Gasteiger partial charge in [0.05, 0.1) is 0 Å². The molecule has 27 heavy (non-hydrogen) atoms. The fourth-order valence-corrected chi connectivity index (χ4v) is 4.87. The molecule has 138 valence electrons. The van der Waals surface area contributed by atoms with Crippen molar-refractivity contribution in [3.8, 4) is 0 Å². The fraction of sp³-hybridized carbons (Fsp3) is 0.250. The normalized spacial score (nSPS) is 11.4. The molecule has 0 atom stereocenters. The lowest BCUT2D eigenvalue weighted by atomic mass is 10.1. The van der Waals surface area contributed by atoms with Crippen molar-refractivity contribution in [1.82, 2.24) is 19.8 Å². The minimum Gasteiger partial charge on any atom is -0.207 e. The van der Waals surface area contributed by atoms with Crippen LogP contribution in [0, 0.1) is 19.7 Å². The van der Waals surface area contributed by atoms with Crippen LogP contribution in [0.3, 0.4) is 0 Å². The molecule has 4 rings (SSSR count). The Labute approximate surface area is 165 Å². The number of hydrogen-bond donors (Lipinski definition) is 0. The zero-order valence-corrected chi connectivity index (χ0v) is 16.8. The van der Waals surface area contributed by atoms with Crippen molar-refractivity contribution in [2.75, 3.05) is 5.75 Å². The Kier molecular flexibility index (Phi) is 5.22. The molecule has 2 aromatic heterocycles. The number of halogens is 1. The lowest BCUT2D eigenvalue weighted by Gasteiger charge is -2.05. The Hall–Kier alpha value is -2.25. The molecule has 0 spiro atoms. The van der Waals surface area contributed by atoms with Gasteiger partial charge in [0.15, 0.2) is 5.82 Å². The molecule has 7 heteroatoms. The largest absolute Gasteiger partial charge is 0.234 e.